The van der Waals surface area contributed by atoms with Crippen molar-refractivity contribution in [3.05, 3.63) is 41.6 Å². The van der Waals surface area contributed by atoms with E-state index in [0.717, 1.165) is 32.5 Å². The van der Waals surface area contributed by atoms with E-state index in [2.05, 4.69) is 49.0 Å². The fourth-order valence-corrected chi connectivity index (χ4v) is 3.74. The predicted molar refractivity (Wildman–Crippen MR) is 84.1 cm³/mol. The minimum Gasteiger partial charge on any atom is -0.350 e. The van der Waals surface area contributed by atoms with Gasteiger partial charge in [0.15, 0.2) is 5.79 Å². The number of nitrogens with zero attached hydrogens (tertiary/aromatic N) is 1. The Kier molecular flexibility index (Phi) is 2.95. The van der Waals surface area contributed by atoms with Crippen LogP contribution >= 0.6 is 0 Å². The summed E-state index contributed by atoms with van der Waals surface area (Å²) in [5.41, 5.74) is 5.46. The first-order chi connectivity index (χ1) is 10.2. The maximum absolute atomic E-state index is 5.81. The Labute approximate surface area is 125 Å². The van der Waals surface area contributed by atoms with E-state index >= 15 is 0 Å². The van der Waals surface area contributed by atoms with Gasteiger partial charge in [-0.2, -0.15) is 0 Å². The standard InChI is InChI=1S/C18H21NO2/c1-13-4-3-5-15-16(12-19(2)17(13)15)14-6-8-18(9-7-14)20-10-11-21-18/h3-6,12H,7-11H2,1-2H3. The molecule has 0 unspecified atom stereocenters. The maximum atomic E-state index is 5.81. The topological polar surface area (TPSA) is 23.4 Å². The molecule has 0 saturated carbocycles. The van der Waals surface area contributed by atoms with Crippen molar-refractivity contribution < 1.29 is 9.47 Å². The molecule has 4 rings (SSSR count). The Hall–Kier alpha value is -1.58. The summed E-state index contributed by atoms with van der Waals surface area (Å²) < 4.78 is 13.9. The fraction of sp³-hybridized carbons (Fsp3) is 0.444. The van der Waals surface area contributed by atoms with Crippen LogP contribution in [0.15, 0.2) is 30.5 Å². The lowest BCUT2D eigenvalue weighted by molar-refractivity contribution is -0.159. The average Bonchev–Trinajstić information content (AvgIpc) is 3.07. The molecule has 1 aromatic heterocycles. The highest BCUT2D eigenvalue weighted by atomic mass is 16.7. The summed E-state index contributed by atoms with van der Waals surface area (Å²) in [6.07, 6.45) is 7.42. The second kappa shape index (κ2) is 4.72. The normalized spacial score (nSPS) is 21.1. The third-order valence-corrected chi connectivity index (χ3v) is 4.80. The van der Waals surface area contributed by atoms with Gasteiger partial charge < -0.3 is 14.0 Å². The lowest BCUT2D eigenvalue weighted by Gasteiger charge is -2.30. The third kappa shape index (κ3) is 2.03. The minimum atomic E-state index is -0.329. The SMILES string of the molecule is Cc1cccc2c(C3=CCC4(CC3)OCCO4)cn(C)c12. The Bertz CT molecular complexity index is 720. The first-order valence-corrected chi connectivity index (χ1v) is 7.70. The quantitative estimate of drug-likeness (QED) is 0.794. The van der Waals surface area contributed by atoms with E-state index in [1.54, 1.807) is 0 Å². The molecule has 21 heavy (non-hydrogen) atoms. The van der Waals surface area contributed by atoms with Gasteiger partial charge in [0, 0.05) is 37.0 Å². The molecule has 1 aliphatic heterocycles. The van der Waals surface area contributed by atoms with Crippen molar-refractivity contribution in [1.29, 1.82) is 0 Å². The molecule has 110 valence electrons. The Balaban J connectivity index is 1.75. The molecule has 0 N–H and O–H groups in total. The smallest absolute Gasteiger partial charge is 0.172 e. The molecule has 0 amide bonds. The van der Waals surface area contributed by atoms with Crippen molar-refractivity contribution in [1.82, 2.24) is 4.57 Å². The maximum Gasteiger partial charge on any atom is 0.172 e. The molecule has 1 aliphatic carbocycles. The van der Waals surface area contributed by atoms with Gasteiger partial charge in [0.25, 0.3) is 0 Å². The number of aromatic nitrogens is 1. The van der Waals surface area contributed by atoms with Crippen molar-refractivity contribution in [2.45, 2.75) is 32.0 Å². The Morgan fingerprint density at radius 2 is 2.00 bits per heavy atom. The number of para-hydroxylation sites is 1. The molecule has 1 aromatic carbocycles. The largest absolute Gasteiger partial charge is 0.350 e. The van der Waals surface area contributed by atoms with Crippen molar-refractivity contribution in [3.63, 3.8) is 0 Å². The summed E-state index contributed by atoms with van der Waals surface area (Å²) in [5.74, 6) is -0.329. The summed E-state index contributed by atoms with van der Waals surface area (Å²) in [5, 5.41) is 1.35. The van der Waals surface area contributed by atoms with Crippen LogP contribution in [0.2, 0.25) is 0 Å². The molecule has 2 aliphatic rings. The van der Waals surface area contributed by atoms with E-state index in [1.165, 1.54) is 27.6 Å². The second-order valence-corrected chi connectivity index (χ2v) is 6.17. The molecule has 0 bridgehead atoms. The number of fused-ring (bicyclic) bond motifs is 1. The molecular weight excluding hydrogens is 262 g/mol. The van der Waals surface area contributed by atoms with Crippen molar-refractivity contribution in [3.8, 4) is 0 Å². The van der Waals surface area contributed by atoms with Gasteiger partial charge in [-0.15, -0.1) is 0 Å². The molecule has 0 atom stereocenters. The zero-order chi connectivity index (χ0) is 14.4. The number of allylic oxidation sites excluding steroid dienone is 1. The van der Waals surface area contributed by atoms with Crippen molar-refractivity contribution in [2.75, 3.05) is 13.2 Å². The number of rotatable bonds is 1. The molecule has 3 heteroatoms. The summed E-state index contributed by atoms with van der Waals surface area (Å²) in [6, 6.07) is 6.55. The van der Waals surface area contributed by atoms with E-state index in [-0.39, 0.29) is 5.79 Å². The number of hydrogen-bond donors (Lipinski definition) is 0. The average molecular weight is 283 g/mol. The molecule has 2 heterocycles. The molecule has 0 radical (unpaired) electrons. The van der Waals surface area contributed by atoms with Crippen LogP contribution in [0.4, 0.5) is 0 Å². The third-order valence-electron chi connectivity index (χ3n) is 4.80. The number of ether oxygens (including phenoxy) is 2. The molecule has 3 nitrogen and oxygen atoms in total. The molecular formula is C18H21NO2. The van der Waals surface area contributed by atoms with E-state index in [9.17, 15) is 0 Å². The predicted octanol–water partition coefficient (Wildman–Crippen LogP) is 3.80. The van der Waals surface area contributed by atoms with Crippen LogP contribution in [0.3, 0.4) is 0 Å². The molecule has 1 fully saturated rings. The zero-order valence-corrected chi connectivity index (χ0v) is 12.7. The first kappa shape index (κ1) is 13.1. The molecule has 2 aromatic rings. The Morgan fingerprint density at radius 3 is 2.71 bits per heavy atom. The summed E-state index contributed by atoms with van der Waals surface area (Å²) in [4.78, 5) is 0. The van der Waals surface area contributed by atoms with Gasteiger partial charge in [-0.3, -0.25) is 0 Å². The Morgan fingerprint density at radius 1 is 1.19 bits per heavy atom. The number of hydrogen-bond acceptors (Lipinski definition) is 2. The van der Waals surface area contributed by atoms with Gasteiger partial charge in [-0.25, -0.2) is 0 Å². The van der Waals surface area contributed by atoms with Crippen molar-refractivity contribution in [2.24, 2.45) is 7.05 Å². The highest BCUT2D eigenvalue weighted by Crippen LogP contribution is 2.40. The van der Waals surface area contributed by atoms with Gasteiger partial charge in [0.05, 0.1) is 18.7 Å². The number of benzene rings is 1. The van der Waals surface area contributed by atoms with Crippen LogP contribution in [0, 0.1) is 6.92 Å². The lowest BCUT2D eigenvalue weighted by Crippen LogP contribution is -2.31. The van der Waals surface area contributed by atoms with E-state index < -0.39 is 0 Å². The van der Waals surface area contributed by atoms with Gasteiger partial charge in [-0.1, -0.05) is 24.3 Å². The van der Waals surface area contributed by atoms with Crippen LogP contribution in [0.25, 0.3) is 16.5 Å². The summed E-state index contributed by atoms with van der Waals surface area (Å²) in [6.45, 7) is 3.64. The van der Waals surface area contributed by atoms with Crippen LogP contribution in [-0.2, 0) is 16.5 Å². The van der Waals surface area contributed by atoms with Crippen LogP contribution in [0.5, 0.6) is 0 Å². The van der Waals surface area contributed by atoms with Crippen LogP contribution < -0.4 is 0 Å². The van der Waals surface area contributed by atoms with E-state index in [0.29, 0.717) is 0 Å². The van der Waals surface area contributed by atoms with Gasteiger partial charge in [0.1, 0.15) is 0 Å². The van der Waals surface area contributed by atoms with Crippen molar-refractivity contribution >= 4 is 16.5 Å². The summed E-state index contributed by atoms with van der Waals surface area (Å²) >= 11 is 0. The van der Waals surface area contributed by atoms with E-state index in [4.69, 9.17) is 9.47 Å². The highest BCUT2D eigenvalue weighted by molar-refractivity contribution is 5.94. The molecule has 1 saturated heterocycles. The first-order valence-electron chi connectivity index (χ1n) is 7.70. The summed E-state index contributed by atoms with van der Waals surface area (Å²) in [7, 11) is 2.13. The lowest BCUT2D eigenvalue weighted by atomic mass is 9.89. The van der Waals surface area contributed by atoms with E-state index in [1.807, 2.05) is 0 Å². The van der Waals surface area contributed by atoms with Crippen LogP contribution in [0.1, 0.15) is 30.4 Å². The molecule has 1 spiro atoms. The minimum absolute atomic E-state index is 0.329. The van der Waals surface area contributed by atoms with Crippen LogP contribution in [-0.4, -0.2) is 23.6 Å². The fourth-order valence-electron chi connectivity index (χ4n) is 3.74. The monoisotopic (exact) mass is 283 g/mol. The van der Waals surface area contributed by atoms with Gasteiger partial charge >= 0.3 is 0 Å². The van der Waals surface area contributed by atoms with Gasteiger partial charge in [0.2, 0.25) is 0 Å². The highest BCUT2D eigenvalue weighted by Gasteiger charge is 2.37. The van der Waals surface area contributed by atoms with Gasteiger partial charge in [-0.05, 0) is 24.5 Å². The number of aryl methyl sites for hydroxylation is 2. The zero-order valence-electron chi connectivity index (χ0n) is 12.7. The second-order valence-electron chi connectivity index (χ2n) is 6.17.